The van der Waals surface area contributed by atoms with Crippen LogP contribution in [0.4, 0.5) is 22.7 Å². The van der Waals surface area contributed by atoms with Gasteiger partial charge in [-0.2, -0.15) is 13.2 Å². The normalized spacial score (nSPS) is 15.0. The van der Waals surface area contributed by atoms with Gasteiger partial charge in [-0.05, 0) is 37.4 Å². The summed E-state index contributed by atoms with van der Waals surface area (Å²) < 4.78 is 58.9. The fraction of sp³-hybridized carbons (Fsp3) is 0.435. The maximum Gasteiger partial charge on any atom is 0.422 e. The zero-order valence-electron chi connectivity index (χ0n) is 19.6. The van der Waals surface area contributed by atoms with E-state index in [-0.39, 0.29) is 36.1 Å². The molecule has 11 heteroatoms. The summed E-state index contributed by atoms with van der Waals surface area (Å²) in [4.78, 5) is 4.72. The van der Waals surface area contributed by atoms with E-state index in [0.717, 1.165) is 6.20 Å². The van der Waals surface area contributed by atoms with Gasteiger partial charge < -0.3 is 20.3 Å². The van der Waals surface area contributed by atoms with Crippen LogP contribution in [0, 0.1) is 5.92 Å². The Kier molecular flexibility index (Phi) is 12.1. The van der Waals surface area contributed by atoms with Gasteiger partial charge in [0, 0.05) is 28.7 Å². The van der Waals surface area contributed by atoms with Crippen LogP contribution in [0.3, 0.4) is 0 Å². The number of ether oxygens (including phenoxy) is 1. The second-order valence-electron chi connectivity index (χ2n) is 7.56. The Morgan fingerprint density at radius 3 is 2.50 bits per heavy atom. The van der Waals surface area contributed by atoms with Crippen LogP contribution in [-0.4, -0.2) is 36.5 Å². The van der Waals surface area contributed by atoms with Gasteiger partial charge in [-0.1, -0.05) is 39.0 Å². The summed E-state index contributed by atoms with van der Waals surface area (Å²) in [6.45, 7) is 7.55. The molecule has 1 rings (SSSR count). The van der Waals surface area contributed by atoms with Crippen molar-refractivity contribution in [3.05, 3.63) is 47.3 Å². The molecule has 1 atom stereocenters. The zero-order valence-corrected chi connectivity index (χ0v) is 21.2. The van der Waals surface area contributed by atoms with Gasteiger partial charge in [-0.3, -0.25) is 4.99 Å². The summed E-state index contributed by atoms with van der Waals surface area (Å²) in [5, 5.41) is 11.2. The first-order chi connectivity index (χ1) is 16.0. The third-order valence-electron chi connectivity index (χ3n) is 5.05. The number of hydrogen-bond donors (Lipinski definition) is 3. The molecule has 5 nitrogen and oxygen atoms in total. The van der Waals surface area contributed by atoms with Gasteiger partial charge in [0.05, 0.1) is 11.4 Å². The number of hydrogen-bond acceptors (Lipinski definition) is 7. The van der Waals surface area contributed by atoms with E-state index in [1.165, 1.54) is 23.9 Å². The molecule has 1 unspecified atom stereocenters. The predicted molar refractivity (Wildman–Crippen MR) is 137 cm³/mol. The minimum Gasteiger partial charge on any atom is -0.483 e. The average Bonchev–Trinajstić information content (AvgIpc) is 2.78. The lowest BCUT2D eigenvalue weighted by atomic mass is 9.84. The van der Waals surface area contributed by atoms with Crippen LogP contribution in [0.2, 0.25) is 0 Å². The Morgan fingerprint density at radius 2 is 2.03 bits per heavy atom. The molecule has 190 valence electrons. The molecule has 4 N–H and O–H groups in total. The molecule has 0 saturated carbocycles. The Hall–Kier alpha value is -2.11. The van der Waals surface area contributed by atoms with Gasteiger partial charge >= 0.3 is 6.18 Å². The third-order valence-corrected chi connectivity index (χ3v) is 6.16. The Labute approximate surface area is 207 Å². The summed E-state index contributed by atoms with van der Waals surface area (Å²) in [5.41, 5.74) is 5.53. The largest absolute Gasteiger partial charge is 0.483 e. The van der Waals surface area contributed by atoms with Crippen molar-refractivity contribution in [3.63, 3.8) is 0 Å². The lowest BCUT2D eigenvalue weighted by molar-refractivity contribution is -0.153. The van der Waals surface area contributed by atoms with E-state index in [1.807, 2.05) is 19.3 Å². The van der Waals surface area contributed by atoms with Crippen molar-refractivity contribution in [2.45, 2.75) is 45.4 Å². The predicted octanol–water partition coefficient (Wildman–Crippen LogP) is 6.79. The van der Waals surface area contributed by atoms with Gasteiger partial charge in [0.25, 0.3) is 0 Å². The molecule has 0 saturated heterocycles. The number of nitrogens with one attached hydrogen (secondary N) is 1. The highest BCUT2D eigenvalue weighted by atomic mass is 32.2. The second kappa shape index (κ2) is 13.7. The van der Waals surface area contributed by atoms with E-state index < -0.39 is 18.4 Å². The molecule has 1 aromatic carbocycles. The number of thioether (sulfide) groups is 1. The summed E-state index contributed by atoms with van der Waals surface area (Å²) in [6, 6.07) is 2.96. The fourth-order valence-corrected chi connectivity index (χ4v) is 4.30. The third kappa shape index (κ3) is 7.99. The number of aliphatic imine (C=N–C) groups is 1. The Bertz CT molecular complexity index is 918. The molecular formula is C23H31F4N3O2S2. The molecule has 0 aromatic heterocycles. The number of nitrogens with two attached hydrogens (primary N) is 1. The molecule has 34 heavy (non-hydrogen) atoms. The van der Waals surface area contributed by atoms with Gasteiger partial charge in [-0.15, -0.1) is 15.6 Å². The molecule has 0 fully saturated rings. The van der Waals surface area contributed by atoms with Crippen molar-refractivity contribution in [1.82, 2.24) is 4.72 Å². The lowest BCUT2D eigenvalue weighted by Gasteiger charge is -2.33. The SMILES string of the molecule is C=Nc1ccc(OCC(F)(F)F)c(/C(=C/CC)SC)c1/C=C\CC(O)(/C(=C/N)NSF)C(C)C. The van der Waals surface area contributed by atoms with Crippen LogP contribution < -0.4 is 15.2 Å². The molecule has 0 aliphatic carbocycles. The van der Waals surface area contributed by atoms with E-state index in [4.69, 9.17) is 10.5 Å². The van der Waals surface area contributed by atoms with E-state index in [1.54, 1.807) is 26.0 Å². The van der Waals surface area contributed by atoms with Crippen molar-refractivity contribution in [1.29, 1.82) is 0 Å². The first kappa shape index (κ1) is 29.9. The number of halogens is 4. The number of alkyl halides is 3. The topological polar surface area (TPSA) is 79.9 Å². The van der Waals surface area contributed by atoms with E-state index in [2.05, 4.69) is 16.4 Å². The molecule has 0 bridgehead atoms. The standard InChI is InChI=1S/C23H31F4N3O2S2/c1-6-8-19(33-5)21-16(17(29-4)10-11-18(21)32-14-23(24,25)26)9-7-12-22(31,15(2)3)20(13-28)30-34-27/h7-11,13,15,30-31H,4,6,12,14,28H2,1-3,5H3/b9-7-,19-8-,20-13-. The highest BCUT2D eigenvalue weighted by Crippen LogP contribution is 2.42. The molecule has 0 radical (unpaired) electrons. The maximum atomic E-state index is 12.9. The number of benzene rings is 1. The molecular weight excluding hydrogens is 490 g/mol. The smallest absolute Gasteiger partial charge is 0.422 e. The highest BCUT2D eigenvalue weighted by Gasteiger charge is 2.35. The van der Waals surface area contributed by atoms with Crippen molar-refractivity contribution in [3.8, 4) is 5.75 Å². The number of rotatable bonds is 13. The molecule has 0 spiro atoms. The lowest BCUT2D eigenvalue weighted by Crippen LogP contribution is -2.41. The van der Waals surface area contributed by atoms with Crippen LogP contribution in [-0.2, 0) is 0 Å². The van der Waals surface area contributed by atoms with Gasteiger partial charge in [0.15, 0.2) is 18.9 Å². The summed E-state index contributed by atoms with van der Waals surface area (Å²) in [5.74, 6) is -0.290. The van der Waals surface area contributed by atoms with Crippen LogP contribution in [0.25, 0.3) is 11.0 Å². The van der Waals surface area contributed by atoms with Gasteiger partial charge in [-0.25, -0.2) is 0 Å². The molecule has 0 heterocycles. The van der Waals surface area contributed by atoms with Crippen molar-refractivity contribution in [2.24, 2.45) is 16.6 Å². The monoisotopic (exact) mass is 521 g/mol. The number of nitrogens with zero attached hydrogens (tertiary/aromatic N) is 1. The molecule has 0 aliphatic heterocycles. The molecule has 0 amide bonds. The van der Waals surface area contributed by atoms with E-state index >= 15 is 0 Å². The Balaban J connectivity index is 3.61. The van der Waals surface area contributed by atoms with Crippen LogP contribution in [0.1, 0.15) is 44.7 Å². The first-order valence-corrected chi connectivity index (χ1v) is 12.4. The van der Waals surface area contributed by atoms with E-state index in [9.17, 15) is 22.2 Å². The zero-order chi connectivity index (χ0) is 25.9. The quantitative estimate of drug-likeness (QED) is 0.151. The van der Waals surface area contributed by atoms with Crippen LogP contribution in [0.5, 0.6) is 5.75 Å². The minimum absolute atomic E-state index is 0.0387. The first-order valence-electron chi connectivity index (χ1n) is 10.4. The Morgan fingerprint density at radius 1 is 1.35 bits per heavy atom. The molecule has 1 aromatic rings. The number of allylic oxidation sites excluding steroid dienone is 1. The average molecular weight is 522 g/mol. The van der Waals surface area contributed by atoms with Crippen LogP contribution >= 0.6 is 24.1 Å². The van der Waals surface area contributed by atoms with Crippen molar-refractivity contribution in [2.75, 3.05) is 12.9 Å². The van der Waals surface area contributed by atoms with Crippen LogP contribution in [0.15, 0.2) is 41.2 Å². The van der Waals surface area contributed by atoms with E-state index in [0.29, 0.717) is 28.1 Å². The minimum atomic E-state index is -4.50. The maximum absolute atomic E-state index is 12.9. The second-order valence-corrected chi connectivity index (χ2v) is 8.77. The van der Waals surface area contributed by atoms with Crippen molar-refractivity contribution >= 4 is 47.5 Å². The van der Waals surface area contributed by atoms with Gasteiger partial charge in [0.2, 0.25) is 0 Å². The number of aliphatic hydroxyl groups is 1. The van der Waals surface area contributed by atoms with Gasteiger partial charge in [0.1, 0.15) is 11.4 Å². The summed E-state index contributed by atoms with van der Waals surface area (Å²) in [6.07, 6.45) is 4.26. The highest BCUT2D eigenvalue weighted by molar-refractivity contribution is 8.07. The summed E-state index contributed by atoms with van der Waals surface area (Å²) >= 11 is 1.18. The fourth-order valence-electron chi connectivity index (χ4n) is 3.22. The summed E-state index contributed by atoms with van der Waals surface area (Å²) in [7, 11) is 0. The molecule has 0 aliphatic rings. The van der Waals surface area contributed by atoms with Crippen molar-refractivity contribution < 1.29 is 26.9 Å².